The largest absolute Gasteiger partial charge is 0.399 e. The van der Waals surface area contributed by atoms with Crippen LogP contribution in [-0.2, 0) is 7.05 Å². The summed E-state index contributed by atoms with van der Waals surface area (Å²) < 4.78 is 3.53. The number of hydrogen-bond donors (Lipinski definition) is 2. The molecule has 0 radical (unpaired) electrons. The van der Waals surface area contributed by atoms with Crippen molar-refractivity contribution < 1.29 is 4.79 Å². The summed E-state index contributed by atoms with van der Waals surface area (Å²) >= 11 is 0. The molecule has 3 N–H and O–H groups in total. The van der Waals surface area contributed by atoms with Gasteiger partial charge in [-0.25, -0.2) is 0 Å². The Labute approximate surface area is 151 Å². The van der Waals surface area contributed by atoms with E-state index in [0.29, 0.717) is 11.4 Å². The normalized spacial score (nSPS) is 11.0. The second kappa shape index (κ2) is 6.11. The molecule has 0 saturated heterocycles. The Morgan fingerprint density at radius 3 is 2.50 bits per heavy atom. The van der Waals surface area contributed by atoms with E-state index in [-0.39, 0.29) is 5.91 Å². The zero-order valence-corrected chi connectivity index (χ0v) is 14.7. The van der Waals surface area contributed by atoms with Crippen LogP contribution in [-0.4, -0.2) is 22.1 Å². The molecule has 4 rings (SSSR count). The number of nitrogen functional groups attached to an aromatic ring is 1. The summed E-state index contributed by atoms with van der Waals surface area (Å²) in [6.45, 7) is 0. The predicted molar refractivity (Wildman–Crippen MR) is 106 cm³/mol. The number of benzene rings is 2. The fourth-order valence-corrected chi connectivity index (χ4v) is 3.23. The molecule has 26 heavy (non-hydrogen) atoms. The fourth-order valence-electron chi connectivity index (χ4n) is 3.23. The Morgan fingerprint density at radius 1 is 1.00 bits per heavy atom. The second-order valence-electron chi connectivity index (χ2n) is 6.36. The average Bonchev–Trinajstić information content (AvgIpc) is 3.24. The Kier molecular flexibility index (Phi) is 3.77. The van der Waals surface area contributed by atoms with Crippen LogP contribution in [0.5, 0.6) is 0 Å². The number of hydrogen-bond acceptors (Lipinski definition) is 3. The van der Waals surface area contributed by atoms with Gasteiger partial charge in [0.2, 0.25) is 0 Å². The zero-order valence-electron chi connectivity index (χ0n) is 14.7. The monoisotopic (exact) mass is 344 g/mol. The zero-order chi connectivity index (χ0) is 18.3. The maximum atomic E-state index is 13.1. The number of nitrogens with zero attached hydrogens (tertiary/aromatic N) is 2. The molecule has 0 saturated carbocycles. The molecule has 2 aromatic carbocycles. The number of carbonyl (C=O) groups is 1. The van der Waals surface area contributed by atoms with E-state index in [2.05, 4.69) is 5.32 Å². The Balaban J connectivity index is 1.73. The van der Waals surface area contributed by atoms with Crippen LogP contribution in [0.1, 0.15) is 10.5 Å². The molecule has 0 atom stereocenters. The highest BCUT2D eigenvalue weighted by atomic mass is 16.2. The number of aromatic nitrogens is 2. The van der Waals surface area contributed by atoms with Crippen LogP contribution >= 0.6 is 0 Å². The van der Waals surface area contributed by atoms with Crippen LogP contribution in [0.15, 0.2) is 67.0 Å². The maximum absolute atomic E-state index is 13.1. The van der Waals surface area contributed by atoms with Crippen molar-refractivity contribution in [3.05, 3.63) is 72.7 Å². The lowest BCUT2D eigenvalue weighted by Gasteiger charge is -2.05. The van der Waals surface area contributed by atoms with E-state index < -0.39 is 0 Å². The SMILES string of the molecule is CNc1ccc(-c2cc(C(=O)n3ccc4cc(N)ccc43)n(C)c2)cc1. The van der Waals surface area contributed by atoms with Crippen molar-refractivity contribution in [2.45, 2.75) is 0 Å². The summed E-state index contributed by atoms with van der Waals surface area (Å²) in [6.07, 6.45) is 3.77. The molecule has 5 nitrogen and oxygen atoms in total. The third-order valence-corrected chi connectivity index (χ3v) is 4.66. The molecule has 0 aliphatic rings. The lowest BCUT2D eigenvalue weighted by atomic mass is 10.1. The molecule has 0 bridgehead atoms. The van der Waals surface area contributed by atoms with Crippen molar-refractivity contribution in [1.82, 2.24) is 9.13 Å². The highest BCUT2D eigenvalue weighted by Crippen LogP contribution is 2.25. The average molecular weight is 344 g/mol. The molecule has 130 valence electrons. The minimum absolute atomic E-state index is 0.0645. The molecule has 0 aliphatic carbocycles. The second-order valence-corrected chi connectivity index (χ2v) is 6.36. The number of aryl methyl sites for hydroxylation is 1. The minimum atomic E-state index is -0.0645. The van der Waals surface area contributed by atoms with Gasteiger partial charge in [0.15, 0.2) is 0 Å². The lowest BCUT2D eigenvalue weighted by molar-refractivity contribution is 0.0957. The molecule has 0 amide bonds. The van der Waals surface area contributed by atoms with Crippen molar-refractivity contribution >= 4 is 28.2 Å². The van der Waals surface area contributed by atoms with E-state index in [1.54, 1.807) is 10.8 Å². The third kappa shape index (κ3) is 2.63. The molecule has 5 heteroatoms. The molecule has 0 unspecified atom stereocenters. The third-order valence-electron chi connectivity index (χ3n) is 4.66. The topological polar surface area (TPSA) is 65.0 Å². The number of nitrogens with two attached hydrogens (primary N) is 1. The highest BCUT2D eigenvalue weighted by Gasteiger charge is 2.16. The van der Waals surface area contributed by atoms with Gasteiger partial charge >= 0.3 is 0 Å². The van der Waals surface area contributed by atoms with Gasteiger partial charge in [0.05, 0.1) is 5.52 Å². The Bertz CT molecular complexity index is 1100. The van der Waals surface area contributed by atoms with E-state index in [0.717, 1.165) is 27.7 Å². The molecular formula is C21H20N4O. The van der Waals surface area contributed by atoms with Crippen LogP contribution < -0.4 is 11.1 Å². The summed E-state index contributed by atoms with van der Waals surface area (Å²) in [5, 5.41) is 4.06. The van der Waals surface area contributed by atoms with Gasteiger partial charge in [0.1, 0.15) is 5.69 Å². The minimum Gasteiger partial charge on any atom is -0.399 e. The van der Waals surface area contributed by atoms with E-state index in [4.69, 9.17) is 5.73 Å². The highest BCUT2D eigenvalue weighted by molar-refractivity contribution is 6.02. The quantitative estimate of drug-likeness (QED) is 0.553. The Hall–Kier alpha value is -3.47. The first-order valence-electron chi connectivity index (χ1n) is 8.42. The number of fused-ring (bicyclic) bond motifs is 1. The summed E-state index contributed by atoms with van der Waals surface area (Å²) in [5.41, 5.74) is 11.1. The van der Waals surface area contributed by atoms with E-state index in [1.807, 2.05) is 79.5 Å². The van der Waals surface area contributed by atoms with Crippen LogP contribution in [0.3, 0.4) is 0 Å². The summed E-state index contributed by atoms with van der Waals surface area (Å²) in [7, 11) is 3.78. The fraction of sp³-hybridized carbons (Fsp3) is 0.0952. The van der Waals surface area contributed by atoms with Crippen molar-refractivity contribution in [2.75, 3.05) is 18.1 Å². The van der Waals surface area contributed by atoms with Crippen molar-refractivity contribution in [2.24, 2.45) is 7.05 Å². The van der Waals surface area contributed by atoms with Gasteiger partial charge < -0.3 is 15.6 Å². The van der Waals surface area contributed by atoms with Crippen molar-refractivity contribution in [1.29, 1.82) is 0 Å². The van der Waals surface area contributed by atoms with Crippen LogP contribution in [0.2, 0.25) is 0 Å². The molecule has 2 heterocycles. The van der Waals surface area contributed by atoms with E-state index >= 15 is 0 Å². The maximum Gasteiger partial charge on any atom is 0.278 e. The van der Waals surface area contributed by atoms with Gasteiger partial charge in [-0.1, -0.05) is 12.1 Å². The first kappa shape index (κ1) is 16.0. The van der Waals surface area contributed by atoms with Crippen LogP contribution in [0, 0.1) is 0 Å². The molecule has 0 aliphatic heterocycles. The molecule has 2 aromatic heterocycles. The van der Waals surface area contributed by atoms with Gasteiger partial charge in [0.25, 0.3) is 5.91 Å². The number of anilines is 2. The Morgan fingerprint density at radius 2 is 1.77 bits per heavy atom. The first-order chi connectivity index (χ1) is 12.6. The van der Waals surface area contributed by atoms with Crippen molar-refractivity contribution in [3.63, 3.8) is 0 Å². The molecule has 0 spiro atoms. The lowest BCUT2D eigenvalue weighted by Crippen LogP contribution is -2.14. The summed E-state index contributed by atoms with van der Waals surface area (Å²) in [6, 6.07) is 17.5. The summed E-state index contributed by atoms with van der Waals surface area (Å²) in [5.74, 6) is -0.0645. The number of carbonyl (C=O) groups excluding carboxylic acids is 1. The predicted octanol–water partition coefficient (Wildman–Crippen LogP) is 3.96. The smallest absolute Gasteiger partial charge is 0.278 e. The van der Waals surface area contributed by atoms with Crippen LogP contribution in [0.4, 0.5) is 11.4 Å². The number of rotatable bonds is 3. The van der Waals surface area contributed by atoms with Crippen LogP contribution in [0.25, 0.3) is 22.0 Å². The van der Waals surface area contributed by atoms with Gasteiger partial charge in [0, 0.05) is 48.8 Å². The molecule has 0 fully saturated rings. The van der Waals surface area contributed by atoms with Crippen molar-refractivity contribution in [3.8, 4) is 11.1 Å². The van der Waals surface area contributed by atoms with Gasteiger partial charge in [-0.2, -0.15) is 0 Å². The van der Waals surface area contributed by atoms with E-state index in [1.165, 1.54) is 0 Å². The van der Waals surface area contributed by atoms with Gasteiger partial charge in [-0.15, -0.1) is 0 Å². The van der Waals surface area contributed by atoms with Gasteiger partial charge in [-0.05, 0) is 48.0 Å². The summed E-state index contributed by atoms with van der Waals surface area (Å²) in [4.78, 5) is 13.1. The van der Waals surface area contributed by atoms with Gasteiger partial charge in [-0.3, -0.25) is 9.36 Å². The molecular weight excluding hydrogens is 324 g/mol. The first-order valence-corrected chi connectivity index (χ1v) is 8.42. The number of nitrogens with one attached hydrogen (secondary N) is 1. The van der Waals surface area contributed by atoms with E-state index in [9.17, 15) is 4.79 Å². The standard InChI is InChI=1S/C21H20N4O/c1-23-18-6-3-14(4-7-18)16-12-20(24(2)13-16)21(26)25-10-9-15-11-17(22)5-8-19(15)25/h3-13,23H,22H2,1-2H3. The molecule has 4 aromatic rings.